The quantitative estimate of drug-likeness (QED) is 0.779. The van der Waals surface area contributed by atoms with Gasteiger partial charge in [-0.3, -0.25) is 9.59 Å². The van der Waals surface area contributed by atoms with Crippen molar-refractivity contribution in [3.8, 4) is 5.75 Å². The molecule has 0 saturated carbocycles. The van der Waals surface area contributed by atoms with E-state index in [1.807, 2.05) is 0 Å². The van der Waals surface area contributed by atoms with Crippen LogP contribution in [0.4, 0.5) is 13.2 Å². The third-order valence-electron chi connectivity index (χ3n) is 3.42. The average molecular weight is 365 g/mol. The second-order valence-electron chi connectivity index (χ2n) is 5.26. The van der Waals surface area contributed by atoms with Gasteiger partial charge in [-0.25, -0.2) is 4.79 Å². The first-order chi connectivity index (χ1) is 12.3. The van der Waals surface area contributed by atoms with E-state index in [9.17, 15) is 27.6 Å². The number of hydrogen-bond acceptors (Lipinski definition) is 5. The standard InChI is InChI=1S/C17H10F3NO5/c18-17(19,20)9-25-11-7-5-10(6-8-11)16(24)26-21-14(22)12-3-1-2-4-13(12)15(21)23/h1-8H,9H2. The SMILES string of the molecule is O=C(ON1C(=O)c2ccccc2C1=O)c1ccc(OCC(F)(F)F)cc1. The summed E-state index contributed by atoms with van der Waals surface area (Å²) in [6, 6.07) is 10.6. The van der Waals surface area contributed by atoms with Crippen LogP contribution in [0.2, 0.25) is 0 Å². The maximum absolute atomic E-state index is 12.1. The highest BCUT2D eigenvalue weighted by atomic mass is 19.4. The molecule has 0 aromatic heterocycles. The van der Waals surface area contributed by atoms with Gasteiger partial charge < -0.3 is 9.57 Å². The largest absolute Gasteiger partial charge is 0.484 e. The van der Waals surface area contributed by atoms with Crippen molar-refractivity contribution < 1.29 is 37.1 Å². The Hall–Kier alpha value is -3.36. The van der Waals surface area contributed by atoms with Gasteiger partial charge in [0.05, 0.1) is 16.7 Å². The van der Waals surface area contributed by atoms with E-state index in [0.717, 1.165) is 24.3 Å². The summed E-state index contributed by atoms with van der Waals surface area (Å²) in [7, 11) is 0. The Kier molecular flexibility index (Phi) is 4.37. The molecule has 0 spiro atoms. The molecule has 0 aliphatic carbocycles. The van der Waals surface area contributed by atoms with Crippen molar-refractivity contribution in [3.05, 3.63) is 65.2 Å². The zero-order valence-corrected chi connectivity index (χ0v) is 12.9. The number of hydroxylamine groups is 2. The predicted octanol–water partition coefficient (Wildman–Crippen LogP) is 3.00. The average Bonchev–Trinajstić information content (AvgIpc) is 2.85. The lowest BCUT2D eigenvalue weighted by atomic mass is 10.1. The molecule has 2 aromatic carbocycles. The fourth-order valence-electron chi connectivity index (χ4n) is 2.24. The maximum atomic E-state index is 12.1. The first-order valence-corrected chi connectivity index (χ1v) is 7.26. The third kappa shape index (κ3) is 3.51. The zero-order valence-electron chi connectivity index (χ0n) is 12.9. The van der Waals surface area contributed by atoms with Crippen LogP contribution in [0.1, 0.15) is 31.1 Å². The summed E-state index contributed by atoms with van der Waals surface area (Å²) in [4.78, 5) is 41.1. The fraction of sp³-hybridized carbons (Fsp3) is 0.118. The Labute approximate surface area is 144 Å². The molecule has 0 bridgehead atoms. The molecule has 6 nitrogen and oxygen atoms in total. The molecular weight excluding hydrogens is 355 g/mol. The van der Waals surface area contributed by atoms with Gasteiger partial charge in [-0.2, -0.15) is 13.2 Å². The van der Waals surface area contributed by atoms with Gasteiger partial charge in [0.25, 0.3) is 11.8 Å². The number of carbonyl (C=O) groups excluding carboxylic acids is 3. The first-order valence-electron chi connectivity index (χ1n) is 7.26. The number of rotatable bonds is 4. The molecule has 134 valence electrons. The molecule has 2 amide bonds. The second-order valence-corrected chi connectivity index (χ2v) is 5.26. The van der Waals surface area contributed by atoms with E-state index in [1.54, 1.807) is 12.1 Å². The highest BCUT2D eigenvalue weighted by Crippen LogP contribution is 2.24. The van der Waals surface area contributed by atoms with Gasteiger partial charge >= 0.3 is 12.1 Å². The molecule has 0 N–H and O–H groups in total. The van der Waals surface area contributed by atoms with Crippen LogP contribution >= 0.6 is 0 Å². The van der Waals surface area contributed by atoms with Crippen molar-refractivity contribution >= 4 is 17.8 Å². The summed E-state index contributed by atoms with van der Waals surface area (Å²) in [5, 5.41) is 0.348. The van der Waals surface area contributed by atoms with Gasteiger partial charge in [-0.05, 0) is 36.4 Å². The summed E-state index contributed by atoms with van der Waals surface area (Å²) in [5.74, 6) is -2.66. The Morgan fingerprint density at radius 2 is 1.46 bits per heavy atom. The van der Waals surface area contributed by atoms with E-state index in [4.69, 9.17) is 4.84 Å². The summed E-state index contributed by atoms with van der Waals surface area (Å²) in [5.41, 5.74) is 0.156. The van der Waals surface area contributed by atoms with Crippen molar-refractivity contribution in [2.24, 2.45) is 0 Å². The van der Waals surface area contributed by atoms with Gasteiger partial charge in [-0.1, -0.05) is 17.2 Å². The molecule has 0 unspecified atom stereocenters. The van der Waals surface area contributed by atoms with Crippen LogP contribution in [0, 0.1) is 0 Å². The first kappa shape index (κ1) is 17.5. The second kappa shape index (κ2) is 6.51. The molecule has 1 aliphatic heterocycles. The minimum absolute atomic E-state index is 0.0686. The van der Waals surface area contributed by atoms with E-state index in [1.165, 1.54) is 12.1 Å². The van der Waals surface area contributed by atoms with E-state index >= 15 is 0 Å². The highest BCUT2D eigenvalue weighted by molar-refractivity contribution is 6.21. The van der Waals surface area contributed by atoms with Crippen LogP contribution in [0.5, 0.6) is 5.75 Å². The molecule has 0 atom stereocenters. The van der Waals surface area contributed by atoms with Crippen molar-refractivity contribution in [1.82, 2.24) is 5.06 Å². The number of hydrogen-bond donors (Lipinski definition) is 0. The van der Waals surface area contributed by atoms with E-state index in [0.29, 0.717) is 5.06 Å². The van der Waals surface area contributed by atoms with Gasteiger partial charge in [-0.15, -0.1) is 0 Å². The van der Waals surface area contributed by atoms with Crippen molar-refractivity contribution in [2.75, 3.05) is 6.61 Å². The van der Waals surface area contributed by atoms with E-state index < -0.39 is 30.6 Å². The smallest absolute Gasteiger partial charge is 0.422 e. The summed E-state index contributed by atoms with van der Waals surface area (Å²) >= 11 is 0. The lowest BCUT2D eigenvalue weighted by Gasteiger charge is -2.13. The fourth-order valence-corrected chi connectivity index (χ4v) is 2.24. The molecule has 0 saturated heterocycles. The normalized spacial score (nSPS) is 13.6. The van der Waals surface area contributed by atoms with Crippen LogP contribution in [0.25, 0.3) is 0 Å². The summed E-state index contributed by atoms with van der Waals surface area (Å²) < 4.78 is 40.8. The monoisotopic (exact) mass is 365 g/mol. The maximum Gasteiger partial charge on any atom is 0.422 e. The van der Waals surface area contributed by atoms with Crippen LogP contribution in [-0.4, -0.2) is 35.6 Å². The molecule has 0 radical (unpaired) electrons. The molecule has 0 fully saturated rings. The van der Waals surface area contributed by atoms with Crippen molar-refractivity contribution in [3.63, 3.8) is 0 Å². The number of ether oxygens (including phenoxy) is 1. The molecule has 9 heteroatoms. The summed E-state index contributed by atoms with van der Waals surface area (Å²) in [6.45, 7) is -1.47. The number of benzene rings is 2. The van der Waals surface area contributed by atoms with Gasteiger partial charge in [0.1, 0.15) is 5.75 Å². The number of amides is 2. The minimum Gasteiger partial charge on any atom is -0.484 e. The number of fused-ring (bicyclic) bond motifs is 1. The lowest BCUT2D eigenvalue weighted by Crippen LogP contribution is -2.32. The van der Waals surface area contributed by atoms with Crippen molar-refractivity contribution in [1.29, 1.82) is 0 Å². The molecule has 3 rings (SSSR count). The Morgan fingerprint density at radius 3 is 1.96 bits per heavy atom. The van der Waals surface area contributed by atoms with Crippen LogP contribution < -0.4 is 4.74 Å². The Bertz CT molecular complexity index is 842. The third-order valence-corrected chi connectivity index (χ3v) is 3.42. The number of halogens is 3. The van der Waals surface area contributed by atoms with Crippen molar-refractivity contribution in [2.45, 2.75) is 6.18 Å². The van der Waals surface area contributed by atoms with E-state index in [2.05, 4.69) is 4.74 Å². The Morgan fingerprint density at radius 1 is 0.923 bits per heavy atom. The van der Waals surface area contributed by atoms with Gasteiger partial charge in [0.2, 0.25) is 0 Å². The predicted molar refractivity (Wildman–Crippen MR) is 80.3 cm³/mol. The van der Waals surface area contributed by atoms with Gasteiger partial charge in [0, 0.05) is 0 Å². The zero-order chi connectivity index (χ0) is 18.9. The van der Waals surface area contributed by atoms with Crippen LogP contribution in [0.3, 0.4) is 0 Å². The lowest BCUT2D eigenvalue weighted by molar-refractivity contribution is -0.153. The van der Waals surface area contributed by atoms with Crippen LogP contribution in [0.15, 0.2) is 48.5 Å². The highest BCUT2D eigenvalue weighted by Gasteiger charge is 2.38. The van der Waals surface area contributed by atoms with Gasteiger partial charge in [0.15, 0.2) is 6.61 Å². The number of imide groups is 1. The number of alkyl halides is 3. The minimum atomic E-state index is -4.48. The summed E-state index contributed by atoms with van der Waals surface area (Å²) in [6.07, 6.45) is -4.48. The molecular formula is C17H10F3NO5. The number of carbonyl (C=O) groups is 3. The molecule has 26 heavy (non-hydrogen) atoms. The topological polar surface area (TPSA) is 72.9 Å². The Balaban J connectivity index is 1.67. The number of nitrogens with zero attached hydrogens (tertiary/aromatic N) is 1. The molecule has 2 aromatic rings. The molecule has 1 aliphatic rings. The van der Waals surface area contributed by atoms with Crippen LogP contribution in [-0.2, 0) is 4.84 Å². The van der Waals surface area contributed by atoms with E-state index in [-0.39, 0.29) is 22.4 Å². The molecule has 1 heterocycles.